The predicted molar refractivity (Wildman–Crippen MR) is 115 cm³/mol. The molecular weight excluding hydrogens is 411 g/mol. The number of hydrogen-bond acceptors (Lipinski definition) is 5. The highest BCUT2D eigenvalue weighted by Gasteiger charge is 2.21. The normalized spacial score (nSPS) is 14.8. The SMILES string of the molecule is O=C(CN1CCN(c2ccccc2Cl)CC1)Nc1cc(Cl)ccc1-n1cncn1. The highest BCUT2D eigenvalue weighted by atomic mass is 35.5. The van der Waals surface area contributed by atoms with E-state index < -0.39 is 0 Å². The molecule has 1 N–H and O–H groups in total. The second kappa shape index (κ2) is 8.82. The Kier molecular flexibility index (Phi) is 5.99. The molecule has 2 heterocycles. The highest BCUT2D eigenvalue weighted by Crippen LogP contribution is 2.26. The molecule has 0 atom stereocenters. The van der Waals surface area contributed by atoms with Gasteiger partial charge in [0.25, 0.3) is 0 Å². The minimum Gasteiger partial charge on any atom is -0.368 e. The molecule has 0 spiro atoms. The van der Waals surface area contributed by atoms with Crippen LogP contribution in [0.4, 0.5) is 11.4 Å². The number of amides is 1. The Morgan fingerprint density at radius 3 is 2.55 bits per heavy atom. The fraction of sp³-hybridized carbons (Fsp3) is 0.250. The van der Waals surface area contributed by atoms with E-state index in [2.05, 4.69) is 25.2 Å². The number of rotatable bonds is 5. The summed E-state index contributed by atoms with van der Waals surface area (Å²) >= 11 is 12.4. The van der Waals surface area contributed by atoms with Crippen LogP contribution >= 0.6 is 23.2 Å². The van der Waals surface area contributed by atoms with Crippen molar-refractivity contribution in [2.75, 3.05) is 42.9 Å². The monoisotopic (exact) mass is 430 g/mol. The maximum atomic E-state index is 12.6. The van der Waals surface area contributed by atoms with Gasteiger partial charge in [-0.2, -0.15) is 5.10 Å². The molecule has 1 aromatic heterocycles. The number of halogens is 2. The molecular formula is C20H20Cl2N6O. The zero-order valence-electron chi connectivity index (χ0n) is 15.6. The summed E-state index contributed by atoms with van der Waals surface area (Å²) in [6.07, 6.45) is 3.02. The van der Waals surface area contributed by atoms with E-state index in [0.29, 0.717) is 22.9 Å². The lowest BCUT2D eigenvalue weighted by molar-refractivity contribution is -0.117. The maximum Gasteiger partial charge on any atom is 0.238 e. The van der Waals surface area contributed by atoms with Gasteiger partial charge in [0.2, 0.25) is 5.91 Å². The molecule has 7 nitrogen and oxygen atoms in total. The first-order chi connectivity index (χ1) is 14.1. The smallest absolute Gasteiger partial charge is 0.238 e. The van der Waals surface area contributed by atoms with Gasteiger partial charge in [-0.25, -0.2) is 9.67 Å². The van der Waals surface area contributed by atoms with Crippen molar-refractivity contribution in [3.8, 4) is 5.69 Å². The Labute approximate surface area is 178 Å². The lowest BCUT2D eigenvalue weighted by atomic mass is 10.2. The lowest BCUT2D eigenvalue weighted by Gasteiger charge is -2.36. The Hall–Kier alpha value is -2.61. The molecule has 1 saturated heterocycles. The molecule has 29 heavy (non-hydrogen) atoms. The average molecular weight is 431 g/mol. The fourth-order valence-electron chi connectivity index (χ4n) is 3.39. The van der Waals surface area contributed by atoms with Crippen LogP contribution in [0.25, 0.3) is 5.69 Å². The Morgan fingerprint density at radius 1 is 1.03 bits per heavy atom. The molecule has 1 amide bonds. The highest BCUT2D eigenvalue weighted by molar-refractivity contribution is 6.33. The van der Waals surface area contributed by atoms with Gasteiger partial charge < -0.3 is 10.2 Å². The number of anilines is 2. The van der Waals surface area contributed by atoms with Gasteiger partial charge in [-0.15, -0.1) is 0 Å². The van der Waals surface area contributed by atoms with E-state index >= 15 is 0 Å². The summed E-state index contributed by atoms with van der Waals surface area (Å²) in [7, 11) is 0. The standard InChI is InChI=1S/C20H20Cl2N6O/c21-15-5-6-19(28-14-23-13-24-28)17(11-15)25-20(29)12-26-7-9-27(10-8-26)18-4-2-1-3-16(18)22/h1-6,11,13-14H,7-10,12H2,(H,25,29). The summed E-state index contributed by atoms with van der Waals surface area (Å²) in [6, 6.07) is 13.1. The second-order valence-corrected chi connectivity index (χ2v) is 7.61. The molecule has 9 heteroatoms. The lowest BCUT2D eigenvalue weighted by Crippen LogP contribution is -2.48. The second-order valence-electron chi connectivity index (χ2n) is 6.76. The van der Waals surface area contributed by atoms with Crippen LogP contribution < -0.4 is 10.2 Å². The van der Waals surface area contributed by atoms with Crippen LogP contribution in [0.3, 0.4) is 0 Å². The van der Waals surface area contributed by atoms with Crippen molar-refractivity contribution >= 4 is 40.5 Å². The van der Waals surface area contributed by atoms with Gasteiger partial charge in [-0.05, 0) is 30.3 Å². The average Bonchev–Trinajstić information content (AvgIpc) is 3.24. The summed E-state index contributed by atoms with van der Waals surface area (Å²) in [6.45, 7) is 3.50. The first-order valence-corrected chi connectivity index (χ1v) is 10.0. The third-order valence-electron chi connectivity index (χ3n) is 4.83. The molecule has 3 aromatic rings. The van der Waals surface area contributed by atoms with Crippen LogP contribution in [0.2, 0.25) is 10.0 Å². The van der Waals surface area contributed by atoms with E-state index in [1.54, 1.807) is 29.2 Å². The van der Waals surface area contributed by atoms with Crippen LogP contribution in [0.15, 0.2) is 55.1 Å². The van der Waals surface area contributed by atoms with Gasteiger partial charge >= 0.3 is 0 Å². The van der Waals surface area contributed by atoms with Crippen LogP contribution in [0, 0.1) is 0 Å². The molecule has 2 aromatic carbocycles. The quantitative estimate of drug-likeness (QED) is 0.672. The molecule has 0 radical (unpaired) electrons. The Bertz CT molecular complexity index is 986. The van der Waals surface area contributed by atoms with Crippen molar-refractivity contribution in [2.45, 2.75) is 0 Å². The van der Waals surface area contributed by atoms with E-state index in [0.717, 1.165) is 36.9 Å². The Morgan fingerprint density at radius 2 is 1.83 bits per heavy atom. The first-order valence-electron chi connectivity index (χ1n) is 9.26. The minimum absolute atomic E-state index is 0.0974. The van der Waals surface area contributed by atoms with E-state index in [-0.39, 0.29) is 5.91 Å². The topological polar surface area (TPSA) is 66.3 Å². The molecule has 0 bridgehead atoms. The number of nitrogens with one attached hydrogen (secondary N) is 1. The van der Waals surface area contributed by atoms with Gasteiger partial charge in [0, 0.05) is 31.2 Å². The van der Waals surface area contributed by atoms with E-state index in [1.165, 1.54) is 6.33 Å². The van der Waals surface area contributed by atoms with Crippen molar-refractivity contribution in [3.63, 3.8) is 0 Å². The van der Waals surface area contributed by atoms with E-state index in [9.17, 15) is 4.79 Å². The third-order valence-corrected chi connectivity index (χ3v) is 5.39. The van der Waals surface area contributed by atoms with Crippen molar-refractivity contribution in [1.82, 2.24) is 19.7 Å². The zero-order chi connectivity index (χ0) is 20.2. The number of carbonyl (C=O) groups is 1. The summed E-state index contributed by atoms with van der Waals surface area (Å²) in [4.78, 5) is 21.0. The Balaban J connectivity index is 1.37. The zero-order valence-corrected chi connectivity index (χ0v) is 17.1. The number of piperazine rings is 1. The van der Waals surface area contributed by atoms with Crippen LogP contribution in [0.1, 0.15) is 0 Å². The molecule has 1 aliphatic rings. The van der Waals surface area contributed by atoms with E-state index in [1.807, 2.05) is 24.3 Å². The molecule has 1 fully saturated rings. The molecule has 0 saturated carbocycles. The number of para-hydroxylation sites is 1. The summed E-state index contributed by atoms with van der Waals surface area (Å²) in [5, 5.41) is 8.37. The van der Waals surface area contributed by atoms with Crippen LogP contribution in [-0.4, -0.2) is 58.3 Å². The van der Waals surface area contributed by atoms with Crippen molar-refractivity contribution < 1.29 is 4.79 Å². The largest absolute Gasteiger partial charge is 0.368 e. The van der Waals surface area contributed by atoms with Gasteiger partial charge in [0.15, 0.2) is 0 Å². The number of hydrogen-bond donors (Lipinski definition) is 1. The van der Waals surface area contributed by atoms with Crippen LogP contribution in [-0.2, 0) is 4.79 Å². The van der Waals surface area contributed by atoms with Crippen molar-refractivity contribution in [2.24, 2.45) is 0 Å². The molecule has 150 valence electrons. The van der Waals surface area contributed by atoms with E-state index in [4.69, 9.17) is 23.2 Å². The number of benzene rings is 2. The number of nitrogens with zero attached hydrogens (tertiary/aromatic N) is 5. The van der Waals surface area contributed by atoms with Gasteiger partial charge in [0.05, 0.1) is 28.6 Å². The molecule has 4 rings (SSSR count). The fourth-order valence-corrected chi connectivity index (χ4v) is 3.82. The van der Waals surface area contributed by atoms with Crippen molar-refractivity contribution in [3.05, 3.63) is 65.2 Å². The summed E-state index contributed by atoms with van der Waals surface area (Å²) < 4.78 is 1.59. The third kappa shape index (κ3) is 4.70. The van der Waals surface area contributed by atoms with Crippen molar-refractivity contribution in [1.29, 1.82) is 0 Å². The molecule has 0 unspecified atom stereocenters. The maximum absolute atomic E-state index is 12.6. The number of carbonyl (C=O) groups excluding carboxylic acids is 1. The van der Waals surface area contributed by atoms with Gasteiger partial charge in [0.1, 0.15) is 12.7 Å². The summed E-state index contributed by atoms with van der Waals surface area (Å²) in [5.74, 6) is -0.0974. The molecule has 1 aliphatic heterocycles. The molecule has 0 aliphatic carbocycles. The summed E-state index contributed by atoms with van der Waals surface area (Å²) in [5.41, 5.74) is 2.35. The first kappa shape index (κ1) is 19.7. The van der Waals surface area contributed by atoms with Gasteiger partial charge in [-0.1, -0.05) is 35.3 Å². The van der Waals surface area contributed by atoms with Gasteiger partial charge in [-0.3, -0.25) is 9.69 Å². The minimum atomic E-state index is -0.0974. The predicted octanol–water partition coefficient (Wildman–Crippen LogP) is 3.33. The number of aromatic nitrogens is 3. The van der Waals surface area contributed by atoms with Crippen LogP contribution in [0.5, 0.6) is 0 Å².